The Morgan fingerprint density at radius 3 is 2.57 bits per heavy atom. The molecule has 0 aliphatic carbocycles. The second kappa shape index (κ2) is 8.39. The Balaban J connectivity index is 1.40. The third-order valence-electron chi connectivity index (χ3n) is 4.16. The molecule has 2 N–H and O–H groups in total. The van der Waals surface area contributed by atoms with Gasteiger partial charge < -0.3 is 15.4 Å². The zero-order valence-electron chi connectivity index (χ0n) is 15.9. The maximum absolute atomic E-state index is 13.6. The molecule has 4 rings (SSSR count). The number of anilines is 2. The number of carbonyl (C=O) groups excluding carboxylic acids is 1. The molecule has 2 aromatic carbocycles. The topological polar surface area (TPSA) is 94.0 Å². The van der Waals surface area contributed by atoms with Crippen LogP contribution in [0.5, 0.6) is 11.6 Å². The molecule has 2 amide bonds. The first-order valence-corrected chi connectivity index (χ1v) is 9.01. The van der Waals surface area contributed by atoms with Gasteiger partial charge >= 0.3 is 6.03 Å². The summed E-state index contributed by atoms with van der Waals surface area (Å²) in [5.74, 6) is 1.82. The molecule has 0 bridgehead atoms. The highest BCUT2D eigenvalue weighted by atomic mass is 19.1. The average Bonchev–Trinajstić information content (AvgIpc) is 3.17. The second-order valence-electron chi connectivity index (χ2n) is 6.24. The fourth-order valence-corrected chi connectivity index (χ4v) is 2.71. The Bertz CT molecular complexity index is 1180. The van der Waals surface area contributed by atoms with Crippen molar-refractivity contribution in [1.82, 2.24) is 19.5 Å². The number of carbonyl (C=O) groups is 1. The number of imidazole rings is 1. The molecule has 2 aromatic heterocycles. The predicted molar refractivity (Wildman–Crippen MR) is 109 cm³/mol. The fraction of sp³-hybridized carbons (Fsp3) is 0.0476. The van der Waals surface area contributed by atoms with Crippen molar-refractivity contribution >= 4 is 17.4 Å². The van der Waals surface area contributed by atoms with Crippen molar-refractivity contribution in [3.05, 3.63) is 85.0 Å². The lowest BCUT2D eigenvalue weighted by molar-refractivity contribution is 0.262. The molecule has 0 fully saturated rings. The summed E-state index contributed by atoms with van der Waals surface area (Å²) in [4.78, 5) is 24.6. The molecule has 0 aliphatic heterocycles. The maximum Gasteiger partial charge on any atom is 0.323 e. The molecule has 150 valence electrons. The summed E-state index contributed by atoms with van der Waals surface area (Å²) in [5, 5.41) is 5.09. The van der Waals surface area contributed by atoms with E-state index in [1.807, 2.05) is 11.5 Å². The zero-order chi connectivity index (χ0) is 20.9. The van der Waals surface area contributed by atoms with E-state index in [4.69, 9.17) is 4.74 Å². The molecule has 0 atom stereocenters. The number of para-hydroxylation sites is 1. The molecular formula is C21H17FN6O2. The van der Waals surface area contributed by atoms with Crippen LogP contribution in [0.2, 0.25) is 0 Å². The second-order valence-corrected chi connectivity index (χ2v) is 6.24. The van der Waals surface area contributed by atoms with Gasteiger partial charge in [0.25, 0.3) is 0 Å². The molecule has 2 heterocycles. The van der Waals surface area contributed by atoms with E-state index >= 15 is 0 Å². The Kier molecular flexibility index (Phi) is 5.33. The molecule has 0 saturated heterocycles. The van der Waals surface area contributed by atoms with Crippen molar-refractivity contribution in [3.8, 4) is 17.4 Å². The molecule has 0 radical (unpaired) electrons. The quantitative estimate of drug-likeness (QED) is 0.509. The number of benzene rings is 2. The Morgan fingerprint density at radius 1 is 1.03 bits per heavy atom. The van der Waals surface area contributed by atoms with Crippen molar-refractivity contribution in [1.29, 1.82) is 0 Å². The molecule has 8 nitrogen and oxygen atoms in total. The number of halogens is 1. The van der Waals surface area contributed by atoms with Gasteiger partial charge in [0.2, 0.25) is 5.88 Å². The van der Waals surface area contributed by atoms with E-state index in [0.29, 0.717) is 23.1 Å². The molecule has 4 aromatic rings. The zero-order valence-corrected chi connectivity index (χ0v) is 15.9. The number of rotatable bonds is 5. The van der Waals surface area contributed by atoms with Crippen LogP contribution in [0.4, 0.5) is 20.6 Å². The van der Waals surface area contributed by atoms with Gasteiger partial charge in [-0.15, -0.1) is 0 Å². The Hall–Kier alpha value is -4.27. The molecule has 0 unspecified atom stereocenters. The van der Waals surface area contributed by atoms with Crippen molar-refractivity contribution in [2.45, 2.75) is 6.92 Å². The maximum atomic E-state index is 13.6. The number of hydrogen-bond acceptors (Lipinski definition) is 5. The smallest absolute Gasteiger partial charge is 0.323 e. The fourth-order valence-electron chi connectivity index (χ4n) is 2.71. The van der Waals surface area contributed by atoms with E-state index in [1.54, 1.807) is 54.9 Å². The summed E-state index contributed by atoms with van der Waals surface area (Å²) >= 11 is 0. The highest BCUT2D eigenvalue weighted by molar-refractivity contribution is 5.99. The highest BCUT2D eigenvalue weighted by Crippen LogP contribution is 2.23. The predicted octanol–water partition coefficient (Wildman–Crippen LogP) is 4.55. The van der Waals surface area contributed by atoms with Gasteiger partial charge in [0.15, 0.2) is 0 Å². The molecule has 9 heteroatoms. The number of ether oxygens (including phenoxy) is 1. The first kappa shape index (κ1) is 19.1. The number of aryl methyl sites for hydroxylation is 1. The summed E-state index contributed by atoms with van der Waals surface area (Å²) in [7, 11) is 0. The molecule has 30 heavy (non-hydrogen) atoms. The van der Waals surface area contributed by atoms with Crippen LogP contribution < -0.4 is 15.4 Å². The van der Waals surface area contributed by atoms with Crippen LogP contribution >= 0.6 is 0 Å². The van der Waals surface area contributed by atoms with Crippen molar-refractivity contribution in [2.75, 3.05) is 10.6 Å². The van der Waals surface area contributed by atoms with Gasteiger partial charge in [0, 0.05) is 24.1 Å². The SMILES string of the molecule is Cc1nccn1-c1cc(Oc2ccc(NC(=O)Nc3ccccc3F)cc2)ncn1. The number of nitrogens with zero attached hydrogens (tertiary/aromatic N) is 4. The number of aromatic nitrogens is 4. The minimum absolute atomic E-state index is 0.0997. The van der Waals surface area contributed by atoms with Crippen LogP contribution in [-0.4, -0.2) is 25.6 Å². The van der Waals surface area contributed by atoms with Gasteiger partial charge in [-0.3, -0.25) is 4.57 Å². The summed E-state index contributed by atoms with van der Waals surface area (Å²) in [5.41, 5.74) is 0.622. The minimum atomic E-state index is -0.551. The van der Waals surface area contributed by atoms with Crippen LogP contribution in [0.1, 0.15) is 5.82 Å². The lowest BCUT2D eigenvalue weighted by Crippen LogP contribution is -2.20. The first-order chi connectivity index (χ1) is 14.6. The number of hydrogen-bond donors (Lipinski definition) is 2. The Labute approximate surface area is 171 Å². The van der Waals surface area contributed by atoms with Gasteiger partial charge in [-0.25, -0.2) is 24.1 Å². The third kappa shape index (κ3) is 4.41. The monoisotopic (exact) mass is 404 g/mol. The third-order valence-corrected chi connectivity index (χ3v) is 4.16. The van der Waals surface area contributed by atoms with E-state index in [0.717, 1.165) is 5.82 Å². The van der Waals surface area contributed by atoms with Crippen LogP contribution in [0.25, 0.3) is 5.82 Å². The van der Waals surface area contributed by atoms with E-state index in [2.05, 4.69) is 25.6 Å². The van der Waals surface area contributed by atoms with Gasteiger partial charge in [0.05, 0.1) is 5.69 Å². The first-order valence-electron chi connectivity index (χ1n) is 9.01. The number of amides is 2. The average molecular weight is 404 g/mol. The van der Waals surface area contributed by atoms with E-state index < -0.39 is 11.8 Å². The Morgan fingerprint density at radius 2 is 1.83 bits per heavy atom. The summed E-state index contributed by atoms with van der Waals surface area (Å²) in [6.07, 6.45) is 4.90. The van der Waals surface area contributed by atoms with Crippen molar-refractivity contribution < 1.29 is 13.9 Å². The van der Waals surface area contributed by atoms with Crippen molar-refractivity contribution in [2.24, 2.45) is 0 Å². The van der Waals surface area contributed by atoms with E-state index in [9.17, 15) is 9.18 Å². The molecule has 0 saturated carbocycles. The summed E-state index contributed by atoms with van der Waals surface area (Å²) in [6.45, 7) is 1.87. The van der Waals surface area contributed by atoms with E-state index in [-0.39, 0.29) is 5.69 Å². The normalized spacial score (nSPS) is 10.5. The summed E-state index contributed by atoms with van der Waals surface area (Å²) in [6, 6.07) is 13.8. The lowest BCUT2D eigenvalue weighted by Gasteiger charge is -2.10. The number of urea groups is 1. The highest BCUT2D eigenvalue weighted by Gasteiger charge is 2.08. The van der Waals surface area contributed by atoms with Gasteiger partial charge in [-0.2, -0.15) is 0 Å². The standard InChI is InChI=1S/C21H17FN6O2/c1-14-23-10-11-28(14)19-12-20(25-13-24-19)30-16-8-6-15(7-9-16)26-21(29)27-18-5-3-2-4-17(18)22/h2-13H,1H3,(H2,26,27,29). The molecular weight excluding hydrogens is 387 g/mol. The molecule has 0 aliphatic rings. The largest absolute Gasteiger partial charge is 0.439 e. The van der Waals surface area contributed by atoms with Gasteiger partial charge in [-0.1, -0.05) is 12.1 Å². The van der Waals surface area contributed by atoms with Crippen molar-refractivity contribution in [3.63, 3.8) is 0 Å². The summed E-state index contributed by atoms with van der Waals surface area (Å²) < 4.78 is 21.2. The van der Waals surface area contributed by atoms with Crippen LogP contribution in [-0.2, 0) is 0 Å². The van der Waals surface area contributed by atoms with Gasteiger partial charge in [0.1, 0.15) is 29.5 Å². The molecule has 0 spiro atoms. The van der Waals surface area contributed by atoms with Crippen LogP contribution in [0, 0.1) is 12.7 Å². The minimum Gasteiger partial charge on any atom is -0.439 e. The van der Waals surface area contributed by atoms with Crippen LogP contribution in [0.15, 0.2) is 73.3 Å². The lowest BCUT2D eigenvalue weighted by atomic mass is 10.3. The van der Waals surface area contributed by atoms with Gasteiger partial charge in [-0.05, 0) is 43.3 Å². The van der Waals surface area contributed by atoms with E-state index in [1.165, 1.54) is 18.5 Å². The van der Waals surface area contributed by atoms with Crippen LogP contribution in [0.3, 0.4) is 0 Å². The number of nitrogens with one attached hydrogen (secondary N) is 2.